The summed E-state index contributed by atoms with van der Waals surface area (Å²) in [6.45, 7) is 1.60. The summed E-state index contributed by atoms with van der Waals surface area (Å²) in [7, 11) is 0. The van der Waals surface area contributed by atoms with E-state index in [0.29, 0.717) is 10.9 Å². The highest BCUT2D eigenvalue weighted by Gasteiger charge is 2.21. The van der Waals surface area contributed by atoms with Crippen molar-refractivity contribution in [2.75, 3.05) is 13.1 Å². The lowest BCUT2D eigenvalue weighted by molar-refractivity contribution is 0.300. The molecule has 0 bridgehead atoms. The Hall–Kier alpha value is -1.75. The van der Waals surface area contributed by atoms with Crippen LogP contribution in [-0.2, 0) is 0 Å². The van der Waals surface area contributed by atoms with E-state index in [0.717, 1.165) is 13.1 Å². The van der Waals surface area contributed by atoms with Gasteiger partial charge in [-0.2, -0.15) is 0 Å². The summed E-state index contributed by atoms with van der Waals surface area (Å²) in [5, 5.41) is 11.7. The summed E-state index contributed by atoms with van der Waals surface area (Å²) in [5.41, 5.74) is 0.609. The van der Waals surface area contributed by atoms with Crippen LogP contribution in [0.5, 0.6) is 0 Å². The highest BCUT2D eigenvalue weighted by Crippen LogP contribution is 2.09. The highest BCUT2D eigenvalue weighted by atomic mass is 16.1. The van der Waals surface area contributed by atoms with Gasteiger partial charge in [0.1, 0.15) is 5.52 Å². The van der Waals surface area contributed by atoms with Crippen LogP contribution >= 0.6 is 0 Å². The van der Waals surface area contributed by atoms with Crippen molar-refractivity contribution in [2.24, 2.45) is 0 Å². The van der Waals surface area contributed by atoms with E-state index in [2.05, 4.69) is 15.6 Å². The molecule has 0 spiro atoms. The maximum Gasteiger partial charge on any atom is 0.277 e. The molecule has 1 fully saturated rings. The number of fused-ring (bicyclic) bond motifs is 1. The Morgan fingerprint density at radius 1 is 1.33 bits per heavy atom. The fourth-order valence-electron chi connectivity index (χ4n) is 1.69. The number of rotatable bonds is 1. The van der Waals surface area contributed by atoms with Crippen LogP contribution in [0, 0.1) is 0 Å². The molecule has 2 heterocycles. The Balaban J connectivity index is 2.25. The number of benzene rings is 1. The third-order valence-electron chi connectivity index (χ3n) is 2.70. The Morgan fingerprint density at radius 2 is 2.13 bits per heavy atom. The second kappa shape index (κ2) is 3.13. The first-order valence-electron chi connectivity index (χ1n) is 4.91. The van der Waals surface area contributed by atoms with Gasteiger partial charge in [-0.3, -0.25) is 4.79 Å². The van der Waals surface area contributed by atoms with Crippen molar-refractivity contribution in [3.05, 3.63) is 34.6 Å². The van der Waals surface area contributed by atoms with Crippen molar-refractivity contribution in [3.63, 3.8) is 0 Å². The third-order valence-corrected chi connectivity index (χ3v) is 2.70. The van der Waals surface area contributed by atoms with E-state index in [9.17, 15) is 4.79 Å². The molecule has 1 aromatic heterocycles. The number of nitrogens with zero attached hydrogens (tertiary/aromatic N) is 3. The van der Waals surface area contributed by atoms with Crippen LogP contribution in [0.2, 0.25) is 0 Å². The molecule has 0 saturated carbocycles. The minimum atomic E-state index is -0.0490. The van der Waals surface area contributed by atoms with E-state index in [-0.39, 0.29) is 11.6 Å². The fourth-order valence-corrected chi connectivity index (χ4v) is 1.69. The van der Waals surface area contributed by atoms with E-state index >= 15 is 0 Å². The summed E-state index contributed by atoms with van der Waals surface area (Å²) < 4.78 is 1.47. The van der Waals surface area contributed by atoms with Crippen molar-refractivity contribution in [1.82, 2.24) is 20.3 Å². The number of hydrogen-bond donors (Lipinski definition) is 1. The summed E-state index contributed by atoms with van der Waals surface area (Å²) in [5.74, 6) is 0. The van der Waals surface area contributed by atoms with Crippen LogP contribution in [0.1, 0.15) is 6.04 Å². The predicted octanol–water partition coefficient (Wildman–Crippen LogP) is -0.0642. The zero-order valence-electron chi connectivity index (χ0n) is 8.05. The monoisotopic (exact) mass is 202 g/mol. The molecule has 1 N–H and O–H groups in total. The fraction of sp³-hybridized carbons (Fsp3) is 0.300. The molecule has 0 atom stereocenters. The van der Waals surface area contributed by atoms with Crippen molar-refractivity contribution in [3.8, 4) is 0 Å². The lowest BCUT2D eigenvalue weighted by atomic mass is 10.2. The molecule has 5 nitrogen and oxygen atoms in total. The van der Waals surface area contributed by atoms with Gasteiger partial charge in [-0.25, -0.2) is 4.68 Å². The number of aromatic nitrogens is 3. The van der Waals surface area contributed by atoms with Gasteiger partial charge in [0.05, 0.1) is 11.4 Å². The summed E-state index contributed by atoms with van der Waals surface area (Å²) >= 11 is 0. The molecule has 1 aliphatic heterocycles. The van der Waals surface area contributed by atoms with Crippen LogP contribution in [-0.4, -0.2) is 28.1 Å². The van der Waals surface area contributed by atoms with E-state index in [4.69, 9.17) is 0 Å². The molecule has 1 aromatic carbocycles. The second-order valence-electron chi connectivity index (χ2n) is 3.67. The van der Waals surface area contributed by atoms with Gasteiger partial charge in [-0.05, 0) is 12.1 Å². The van der Waals surface area contributed by atoms with E-state index < -0.39 is 0 Å². The normalized spacial score (nSPS) is 16.5. The minimum absolute atomic E-state index is 0.0490. The van der Waals surface area contributed by atoms with Crippen molar-refractivity contribution in [1.29, 1.82) is 0 Å². The van der Waals surface area contributed by atoms with E-state index in [1.165, 1.54) is 4.68 Å². The molecule has 2 aromatic rings. The topological polar surface area (TPSA) is 59.8 Å². The SMILES string of the molecule is O=c1c2ccccc2nnn1C1CNC1. The summed E-state index contributed by atoms with van der Waals surface area (Å²) in [6.07, 6.45) is 0. The minimum Gasteiger partial charge on any atom is -0.312 e. The average Bonchev–Trinajstić information content (AvgIpc) is 2.20. The van der Waals surface area contributed by atoms with Gasteiger partial charge in [0.2, 0.25) is 0 Å². The Morgan fingerprint density at radius 3 is 2.87 bits per heavy atom. The van der Waals surface area contributed by atoms with Gasteiger partial charge in [0.25, 0.3) is 5.56 Å². The maximum absolute atomic E-state index is 12.0. The van der Waals surface area contributed by atoms with Gasteiger partial charge in [0.15, 0.2) is 0 Å². The van der Waals surface area contributed by atoms with Gasteiger partial charge >= 0.3 is 0 Å². The molecule has 0 aliphatic carbocycles. The maximum atomic E-state index is 12.0. The molecule has 1 saturated heterocycles. The lowest BCUT2D eigenvalue weighted by Crippen LogP contribution is -2.48. The van der Waals surface area contributed by atoms with Crippen LogP contribution in [0.25, 0.3) is 10.9 Å². The van der Waals surface area contributed by atoms with Crippen molar-refractivity contribution < 1.29 is 0 Å². The Kier molecular flexibility index (Phi) is 1.78. The molecule has 3 rings (SSSR count). The molecule has 0 amide bonds. The van der Waals surface area contributed by atoms with Crippen LogP contribution in [0.15, 0.2) is 29.1 Å². The smallest absolute Gasteiger partial charge is 0.277 e. The molecular weight excluding hydrogens is 192 g/mol. The first kappa shape index (κ1) is 8.55. The molecule has 1 aliphatic rings. The van der Waals surface area contributed by atoms with Gasteiger partial charge in [-0.15, -0.1) is 5.10 Å². The predicted molar refractivity (Wildman–Crippen MR) is 55.7 cm³/mol. The Bertz CT molecular complexity index is 559. The number of hydrogen-bond acceptors (Lipinski definition) is 4. The average molecular weight is 202 g/mol. The zero-order chi connectivity index (χ0) is 10.3. The third kappa shape index (κ3) is 1.24. The van der Waals surface area contributed by atoms with E-state index in [1.54, 1.807) is 12.1 Å². The molecule has 5 heteroatoms. The zero-order valence-corrected chi connectivity index (χ0v) is 8.05. The van der Waals surface area contributed by atoms with Crippen LogP contribution < -0.4 is 10.9 Å². The quantitative estimate of drug-likeness (QED) is 0.703. The Labute approximate surface area is 85.7 Å². The van der Waals surface area contributed by atoms with Gasteiger partial charge < -0.3 is 5.32 Å². The first-order valence-corrected chi connectivity index (χ1v) is 4.91. The lowest BCUT2D eigenvalue weighted by Gasteiger charge is -2.27. The largest absolute Gasteiger partial charge is 0.312 e. The highest BCUT2D eigenvalue weighted by molar-refractivity contribution is 5.76. The summed E-state index contributed by atoms with van der Waals surface area (Å²) in [4.78, 5) is 12.0. The molecule has 0 unspecified atom stereocenters. The van der Waals surface area contributed by atoms with Crippen LogP contribution in [0.4, 0.5) is 0 Å². The molecule has 15 heavy (non-hydrogen) atoms. The van der Waals surface area contributed by atoms with Crippen molar-refractivity contribution >= 4 is 10.9 Å². The summed E-state index contributed by atoms with van der Waals surface area (Å²) in [6, 6.07) is 7.44. The molecule has 0 radical (unpaired) electrons. The standard InChI is InChI=1S/C10H10N4O/c15-10-8-3-1-2-4-9(8)12-13-14(10)7-5-11-6-7/h1-4,7,11H,5-6H2. The molecule has 76 valence electrons. The number of nitrogens with one attached hydrogen (secondary N) is 1. The van der Waals surface area contributed by atoms with Crippen molar-refractivity contribution in [2.45, 2.75) is 6.04 Å². The molecular formula is C10H10N4O. The van der Waals surface area contributed by atoms with Crippen LogP contribution in [0.3, 0.4) is 0 Å². The second-order valence-corrected chi connectivity index (χ2v) is 3.67. The van der Waals surface area contributed by atoms with Gasteiger partial charge in [-0.1, -0.05) is 17.3 Å². The first-order chi connectivity index (χ1) is 7.36. The van der Waals surface area contributed by atoms with Gasteiger partial charge in [0, 0.05) is 13.1 Å². The van der Waals surface area contributed by atoms with E-state index in [1.807, 2.05) is 12.1 Å².